The lowest BCUT2D eigenvalue weighted by Crippen LogP contribution is -2.53. The summed E-state index contributed by atoms with van der Waals surface area (Å²) in [5, 5.41) is 2.67. The minimum Gasteiger partial charge on any atom is -0.325 e. The monoisotopic (exact) mass is 298 g/mol. The highest BCUT2D eigenvalue weighted by Gasteiger charge is 2.40. The summed E-state index contributed by atoms with van der Waals surface area (Å²) in [6.45, 7) is 6.97. The molecule has 0 aromatic heterocycles. The van der Waals surface area contributed by atoms with E-state index in [-0.39, 0.29) is 16.5 Å². The fraction of sp³-hybridized carbons (Fsp3) is 0.500. The molecule has 3 N–H and O–H groups in total. The van der Waals surface area contributed by atoms with Gasteiger partial charge in [0.15, 0.2) is 9.84 Å². The van der Waals surface area contributed by atoms with E-state index in [4.69, 9.17) is 5.73 Å². The Hall–Kier alpha value is -1.40. The highest BCUT2D eigenvalue weighted by molar-refractivity contribution is 7.90. The molecule has 1 rings (SSSR count). The summed E-state index contributed by atoms with van der Waals surface area (Å²) in [5.41, 5.74) is 4.70. The fourth-order valence-electron chi connectivity index (χ4n) is 1.46. The normalized spacial score (nSPS) is 13.1. The molecule has 0 saturated heterocycles. The van der Waals surface area contributed by atoms with E-state index in [2.05, 4.69) is 5.32 Å². The zero-order valence-electron chi connectivity index (χ0n) is 12.5. The SMILES string of the molecule is CC(C)(N)C(C)(C)C(=O)Nc1ccccc1S(C)(=O)=O. The first-order valence-electron chi connectivity index (χ1n) is 6.27. The van der Waals surface area contributed by atoms with E-state index < -0.39 is 20.8 Å². The van der Waals surface area contributed by atoms with Gasteiger partial charge in [0, 0.05) is 11.8 Å². The van der Waals surface area contributed by atoms with Crippen molar-refractivity contribution in [2.45, 2.75) is 38.1 Å². The van der Waals surface area contributed by atoms with Crippen LogP contribution in [0.15, 0.2) is 29.2 Å². The molecular weight excluding hydrogens is 276 g/mol. The zero-order valence-corrected chi connectivity index (χ0v) is 13.3. The first-order valence-corrected chi connectivity index (χ1v) is 8.16. The first kappa shape index (κ1) is 16.7. The van der Waals surface area contributed by atoms with Gasteiger partial charge < -0.3 is 11.1 Å². The van der Waals surface area contributed by atoms with Crippen molar-refractivity contribution >= 4 is 21.4 Å². The van der Waals surface area contributed by atoms with Crippen molar-refractivity contribution in [2.75, 3.05) is 11.6 Å². The predicted molar refractivity (Wildman–Crippen MR) is 80.2 cm³/mol. The van der Waals surface area contributed by atoms with Gasteiger partial charge >= 0.3 is 0 Å². The summed E-state index contributed by atoms with van der Waals surface area (Å²) in [6, 6.07) is 6.31. The van der Waals surface area contributed by atoms with Crippen LogP contribution in [0.2, 0.25) is 0 Å². The lowest BCUT2D eigenvalue weighted by atomic mass is 9.74. The van der Waals surface area contributed by atoms with Crippen molar-refractivity contribution in [3.05, 3.63) is 24.3 Å². The Balaban J connectivity index is 3.17. The van der Waals surface area contributed by atoms with Crippen LogP contribution in [0.3, 0.4) is 0 Å². The lowest BCUT2D eigenvalue weighted by Gasteiger charge is -2.37. The van der Waals surface area contributed by atoms with Gasteiger partial charge in [-0.05, 0) is 39.8 Å². The molecule has 1 aromatic carbocycles. The van der Waals surface area contributed by atoms with E-state index in [1.165, 1.54) is 6.07 Å². The summed E-state index contributed by atoms with van der Waals surface area (Å²) >= 11 is 0. The van der Waals surface area contributed by atoms with Gasteiger partial charge in [-0.25, -0.2) is 8.42 Å². The number of anilines is 1. The van der Waals surface area contributed by atoms with Crippen molar-refractivity contribution < 1.29 is 13.2 Å². The molecule has 0 saturated carbocycles. The number of hydrogen-bond donors (Lipinski definition) is 2. The van der Waals surface area contributed by atoms with Crippen molar-refractivity contribution in [3.8, 4) is 0 Å². The van der Waals surface area contributed by atoms with E-state index in [0.29, 0.717) is 0 Å². The van der Waals surface area contributed by atoms with Crippen molar-refractivity contribution in [1.29, 1.82) is 0 Å². The topological polar surface area (TPSA) is 89.3 Å². The van der Waals surface area contributed by atoms with Crippen molar-refractivity contribution in [2.24, 2.45) is 11.1 Å². The van der Waals surface area contributed by atoms with Crippen molar-refractivity contribution in [1.82, 2.24) is 0 Å². The minimum atomic E-state index is -3.41. The maximum absolute atomic E-state index is 12.4. The third-order valence-corrected chi connectivity index (χ3v) is 4.87. The molecule has 20 heavy (non-hydrogen) atoms. The number of rotatable bonds is 4. The Morgan fingerprint density at radius 3 is 2.10 bits per heavy atom. The van der Waals surface area contributed by atoms with Gasteiger partial charge in [-0.1, -0.05) is 12.1 Å². The molecule has 0 bridgehead atoms. The molecule has 112 valence electrons. The molecule has 0 aliphatic carbocycles. The number of amides is 1. The smallest absolute Gasteiger partial charge is 0.231 e. The Morgan fingerprint density at radius 1 is 1.15 bits per heavy atom. The Morgan fingerprint density at radius 2 is 1.65 bits per heavy atom. The number of para-hydroxylation sites is 1. The van der Waals surface area contributed by atoms with E-state index in [1.807, 2.05) is 0 Å². The summed E-state index contributed by atoms with van der Waals surface area (Å²) in [5.74, 6) is -0.318. The third-order valence-electron chi connectivity index (χ3n) is 3.71. The summed E-state index contributed by atoms with van der Waals surface area (Å²) < 4.78 is 23.4. The maximum atomic E-state index is 12.4. The van der Waals surface area contributed by atoms with Crippen LogP contribution in [0.4, 0.5) is 5.69 Å². The molecule has 1 amide bonds. The van der Waals surface area contributed by atoms with Crippen LogP contribution in [0.25, 0.3) is 0 Å². The second kappa shape index (κ2) is 5.18. The van der Waals surface area contributed by atoms with Gasteiger partial charge in [-0.2, -0.15) is 0 Å². The maximum Gasteiger partial charge on any atom is 0.231 e. The molecule has 6 heteroatoms. The Kier molecular flexibility index (Phi) is 4.31. The fourth-order valence-corrected chi connectivity index (χ4v) is 2.31. The molecular formula is C14H22N2O3S. The van der Waals surface area contributed by atoms with Crippen LogP contribution in [-0.2, 0) is 14.6 Å². The van der Waals surface area contributed by atoms with Crippen LogP contribution in [0.1, 0.15) is 27.7 Å². The average Bonchev–Trinajstić information content (AvgIpc) is 2.26. The van der Waals surface area contributed by atoms with Gasteiger partial charge in [-0.15, -0.1) is 0 Å². The van der Waals surface area contributed by atoms with Gasteiger partial charge in [0.1, 0.15) is 0 Å². The third kappa shape index (κ3) is 3.37. The summed E-state index contributed by atoms with van der Waals surface area (Å²) in [4.78, 5) is 12.5. The number of carbonyl (C=O) groups is 1. The second-order valence-corrected chi connectivity index (χ2v) is 8.05. The highest BCUT2D eigenvalue weighted by Crippen LogP contribution is 2.31. The molecule has 0 atom stereocenters. The van der Waals surface area contributed by atoms with E-state index in [1.54, 1.807) is 45.9 Å². The summed E-state index contributed by atoms with van der Waals surface area (Å²) in [6.07, 6.45) is 1.11. The molecule has 0 radical (unpaired) electrons. The number of nitrogens with one attached hydrogen (secondary N) is 1. The average molecular weight is 298 g/mol. The predicted octanol–water partition coefficient (Wildman–Crippen LogP) is 1.79. The number of carbonyl (C=O) groups excluding carboxylic acids is 1. The second-order valence-electron chi connectivity index (χ2n) is 6.07. The standard InChI is InChI=1S/C14H22N2O3S/c1-13(2,14(3,4)15)12(17)16-10-8-6-7-9-11(10)20(5,18)19/h6-9H,15H2,1-5H3,(H,16,17). The Bertz CT molecular complexity index is 614. The van der Waals surface area contributed by atoms with E-state index in [0.717, 1.165) is 6.26 Å². The quantitative estimate of drug-likeness (QED) is 0.887. The van der Waals surface area contributed by atoms with Gasteiger partial charge in [-0.3, -0.25) is 4.79 Å². The lowest BCUT2D eigenvalue weighted by molar-refractivity contribution is -0.126. The number of benzene rings is 1. The largest absolute Gasteiger partial charge is 0.325 e. The first-order chi connectivity index (χ1) is 8.87. The molecule has 0 unspecified atom stereocenters. The van der Waals surface area contributed by atoms with Gasteiger partial charge in [0.25, 0.3) is 0 Å². The minimum absolute atomic E-state index is 0.0963. The van der Waals surface area contributed by atoms with E-state index >= 15 is 0 Å². The van der Waals surface area contributed by atoms with Crippen LogP contribution in [0, 0.1) is 5.41 Å². The highest BCUT2D eigenvalue weighted by atomic mass is 32.2. The molecule has 0 fully saturated rings. The van der Waals surface area contributed by atoms with E-state index in [9.17, 15) is 13.2 Å². The van der Waals surface area contributed by atoms with Crippen LogP contribution >= 0.6 is 0 Å². The zero-order chi connectivity index (χ0) is 15.8. The molecule has 0 aliphatic heterocycles. The molecule has 0 spiro atoms. The summed E-state index contributed by atoms with van der Waals surface area (Å²) in [7, 11) is -3.41. The molecule has 0 heterocycles. The van der Waals surface area contributed by atoms with Crippen LogP contribution in [-0.4, -0.2) is 26.1 Å². The Labute approximate surface area is 120 Å². The van der Waals surface area contributed by atoms with Gasteiger partial charge in [0.2, 0.25) is 5.91 Å². The molecule has 0 aliphatic rings. The van der Waals surface area contributed by atoms with Crippen LogP contribution < -0.4 is 11.1 Å². The number of hydrogen-bond acceptors (Lipinski definition) is 4. The molecule has 1 aromatic rings. The molecule has 5 nitrogen and oxygen atoms in total. The van der Waals surface area contributed by atoms with Crippen LogP contribution in [0.5, 0.6) is 0 Å². The van der Waals surface area contributed by atoms with Gasteiger partial charge in [0.05, 0.1) is 16.0 Å². The number of sulfone groups is 1. The number of nitrogens with two attached hydrogens (primary N) is 1. The van der Waals surface area contributed by atoms with Crippen molar-refractivity contribution in [3.63, 3.8) is 0 Å².